The van der Waals surface area contributed by atoms with Gasteiger partial charge in [-0.1, -0.05) is 6.42 Å². The second kappa shape index (κ2) is 3.59. The minimum absolute atomic E-state index is 0.208. The molecule has 1 heterocycles. The summed E-state index contributed by atoms with van der Waals surface area (Å²) in [7, 11) is -3.15. The lowest BCUT2D eigenvalue weighted by Gasteiger charge is -2.20. The van der Waals surface area contributed by atoms with E-state index in [4.69, 9.17) is 4.42 Å². The number of nitrogens with zero attached hydrogens (tertiary/aromatic N) is 2. The van der Waals surface area contributed by atoms with Gasteiger partial charge in [0.1, 0.15) is 5.25 Å². The minimum Gasteiger partial charge on any atom is -0.424 e. The summed E-state index contributed by atoms with van der Waals surface area (Å²) in [5.41, 5.74) is 0. The summed E-state index contributed by atoms with van der Waals surface area (Å²) in [6, 6.07) is 0. The Hall–Kier alpha value is -0.910. The largest absolute Gasteiger partial charge is 0.424 e. The van der Waals surface area contributed by atoms with Crippen LogP contribution < -0.4 is 0 Å². The zero-order valence-electron chi connectivity index (χ0n) is 8.80. The van der Waals surface area contributed by atoms with Gasteiger partial charge in [0.25, 0.3) is 0 Å². The first-order valence-electron chi connectivity index (χ1n) is 5.00. The SMILES string of the molecule is CC(c1nnc(C2CCC2)o1)S(C)(=O)=O. The number of hydrogen-bond donors (Lipinski definition) is 0. The number of hydrogen-bond acceptors (Lipinski definition) is 5. The third kappa shape index (κ3) is 2.04. The van der Waals surface area contributed by atoms with E-state index in [1.807, 2.05) is 0 Å². The van der Waals surface area contributed by atoms with Crippen LogP contribution in [0.4, 0.5) is 0 Å². The molecule has 0 N–H and O–H groups in total. The van der Waals surface area contributed by atoms with Crippen molar-refractivity contribution >= 4 is 9.84 Å². The van der Waals surface area contributed by atoms with Crippen LogP contribution in [0.5, 0.6) is 0 Å². The fourth-order valence-corrected chi connectivity index (χ4v) is 1.88. The zero-order chi connectivity index (χ0) is 11.1. The Kier molecular flexibility index (Phi) is 2.54. The molecule has 0 aliphatic heterocycles. The van der Waals surface area contributed by atoms with Crippen LogP contribution in [0.3, 0.4) is 0 Å². The van der Waals surface area contributed by atoms with Crippen LogP contribution in [-0.2, 0) is 9.84 Å². The fraction of sp³-hybridized carbons (Fsp3) is 0.778. The normalized spacial score (nSPS) is 19.9. The van der Waals surface area contributed by atoms with Crippen molar-refractivity contribution in [3.63, 3.8) is 0 Å². The molecule has 1 aromatic rings. The molecule has 84 valence electrons. The Morgan fingerprint density at radius 1 is 1.40 bits per heavy atom. The van der Waals surface area contributed by atoms with Crippen molar-refractivity contribution in [2.45, 2.75) is 37.4 Å². The van der Waals surface area contributed by atoms with Crippen molar-refractivity contribution in [3.05, 3.63) is 11.8 Å². The van der Waals surface area contributed by atoms with Crippen LogP contribution in [0, 0.1) is 0 Å². The topological polar surface area (TPSA) is 73.1 Å². The van der Waals surface area contributed by atoms with Crippen molar-refractivity contribution in [2.75, 3.05) is 6.26 Å². The van der Waals surface area contributed by atoms with E-state index in [1.165, 1.54) is 12.7 Å². The zero-order valence-corrected chi connectivity index (χ0v) is 9.62. The van der Waals surface area contributed by atoms with Crippen molar-refractivity contribution < 1.29 is 12.8 Å². The summed E-state index contributed by atoms with van der Waals surface area (Å²) in [6.07, 6.45) is 4.48. The molecule has 0 bridgehead atoms. The van der Waals surface area contributed by atoms with Crippen molar-refractivity contribution in [2.24, 2.45) is 0 Å². The van der Waals surface area contributed by atoms with Gasteiger partial charge >= 0.3 is 0 Å². The third-order valence-corrected chi connectivity index (χ3v) is 4.39. The van der Waals surface area contributed by atoms with E-state index in [0.717, 1.165) is 12.8 Å². The fourth-order valence-electron chi connectivity index (χ4n) is 1.41. The first-order chi connectivity index (χ1) is 6.98. The van der Waals surface area contributed by atoms with E-state index in [1.54, 1.807) is 6.92 Å². The van der Waals surface area contributed by atoms with Crippen LogP contribution in [0.1, 0.15) is 49.1 Å². The third-order valence-electron chi connectivity index (χ3n) is 2.90. The van der Waals surface area contributed by atoms with Gasteiger partial charge in [0.2, 0.25) is 11.8 Å². The molecular formula is C9H14N2O3S. The monoisotopic (exact) mass is 230 g/mol. The summed E-state index contributed by atoms with van der Waals surface area (Å²) in [5.74, 6) is 1.14. The van der Waals surface area contributed by atoms with Gasteiger partial charge in [-0.05, 0) is 19.8 Å². The van der Waals surface area contributed by atoms with Gasteiger partial charge in [-0.3, -0.25) is 0 Å². The summed E-state index contributed by atoms with van der Waals surface area (Å²) in [6.45, 7) is 1.56. The lowest BCUT2D eigenvalue weighted by atomic mass is 9.85. The van der Waals surface area contributed by atoms with Gasteiger partial charge in [0.15, 0.2) is 9.84 Å². The van der Waals surface area contributed by atoms with Gasteiger partial charge in [-0.25, -0.2) is 8.42 Å². The smallest absolute Gasteiger partial charge is 0.234 e. The maximum atomic E-state index is 11.3. The molecule has 1 saturated carbocycles. The molecule has 6 heteroatoms. The predicted octanol–water partition coefficient (Wildman–Crippen LogP) is 1.44. The maximum Gasteiger partial charge on any atom is 0.234 e. The number of aromatic nitrogens is 2. The second-order valence-corrected chi connectivity index (χ2v) is 6.44. The molecular weight excluding hydrogens is 216 g/mol. The highest BCUT2D eigenvalue weighted by atomic mass is 32.2. The molecule has 15 heavy (non-hydrogen) atoms. The van der Waals surface area contributed by atoms with Crippen molar-refractivity contribution in [3.8, 4) is 0 Å². The Balaban J connectivity index is 2.19. The van der Waals surface area contributed by atoms with Crippen molar-refractivity contribution in [1.29, 1.82) is 0 Å². The maximum absolute atomic E-state index is 11.3. The van der Waals surface area contributed by atoms with Crippen LogP contribution in [0.25, 0.3) is 0 Å². The Bertz CT molecular complexity index is 448. The predicted molar refractivity (Wildman–Crippen MR) is 54.1 cm³/mol. The second-order valence-electron chi connectivity index (χ2n) is 4.08. The Morgan fingerprint density at radius 3 is 2.53 bits per heavy atom. The number of sulfone groups is 1. The molecule has 1 aliphatic carbocycles. The molecule has 1 fully saturated rings. The molecule has 1 aliphatic rings. The standard InChI is InChI=1S/C9H14N2O3S/c1-6(15(2,12)13)8-10-11-9(14-8)7-4-3-5-7/h6-7H,3-5H2,1-2H3. The molecule has 0 saturated heterocycles. The molecule has 0 spiro atoms. The highest BCUT2D eigenvalue weighted by Gasteiger charge is 2.28. The average Bonchev–Trinajstić information content (AvgIpc) is 2.47. The van der Waals surface area contributed by atoms with Crippen LogP contribution in [-0.4, -0.2) is 24.9 Å². The van der Waals surface area contributed by atoms with Crippen molar-refractivity contribution in [1.82, 2.24) is 10.2 Å². The molecule has 0 radical (unpaired) electrons. The molecule has 2 rings (SSSR count). The summed E-state index contributed by atoms with van der Waals surface area (Å²) in [4.78, 5) is 0. The average molecular weight is 230 g/mol. The van der Waals surface area contributed by atoms with Gasteiger partial charge in [-0.15, -0.1) is 10.2 Å². The van der Waals surface area contributed by atoms with E-state index in [-0.39, 0.29) is 5.89 Å². The van der Waals surface area contributed by atoms with Gasteiger partial charge < -0.3 is 4.42 Å². The van der Waals surface area contributed by atoms with E-state index in [9.17, 15) is 8.42 Å². The highest BCUT2D eigenvalue weighted by molar-refractivity contribution is 7.90. The van der Waals surface area contributed by atoms with E-state index < -0.39 is 15.1 Å². The summed E-state index contributed by atoms with van der Waals surface area (Å²) >= 11 is 0. The van der Waals surface area contributed by atoms with E-state index in [0.29, 0.717) is 11.8 Å². The molecule has 5 nitrogen and oxygen atoms in total. The first kappa shape index (κ1) is 10.6. The lowest BCUT2D eigenvalue weighted by molar-refractivity contribution is 0.324. The van der Waals surface area contributed by atoms with E-state index >= 15 is 0 Å². The van der Waals surface area contributed by atoms with Gasteiger partial charge in [-0.2, -0.15) is 0 Å². The van der Waals surface area contributed by atoms with Crippen LogP contribution >= 0.6 is 0 Å². The Morgan fingerprint density at radius 2 is 2.07 bits per heavy atom. The number of rotatable bonds is 3. The highest BCUT2D eigenvalue weighted by Crippen LogP contribution is 2.36. The summed E-state index contributed by atoms with van der Waals surface area (Å²) in [5, 5.41) is 6.97. The summed E-state index contributed by atoms with van der Waals surface area (Å²) < 4.78 is 27.9. The molecule has 1 unspecified atom stereocenters. The van der Waals surface area contributed by atoms with Crippen LogP contribution in [0.15, 0.2) is 4.42 Å². The molecule has 0 aromatic carbocycles. The van der Waals surface area contributed by atoms with Gasteiger partial charge in [0, 0.05) is 12.2 Å². The minimum atomic E-state index is -3.15. The first-order valence-corrected chi connectivity index (χ1v) is 6.96. The lowest BCUT2D eigenvalue weighted by Crippen LogP contribution is -2.09. The van der Waals surface area contributed by atoms with Gasteiger partial charge in [0.05, 0.1) is 0 Å². The Labute approximate surface area is 88.8 Å². The molecule has 1 aromatic heterocycles. The molecule has 0 amide bonds. The van der Waals surface area contributed by atoms with E-state index in [2.05, 4.69) is 10.2 Å². The molecule has 1 atom stereocenters. The van der Waals surface area contributed by atoms with Crippen LogP contribution in [0.2, 0.25) is 0 Å². The quantitative estimate of drug-likeness (QED) is 0.785.